The molecule has 8 heteroatoms. The van der Waals surface area contributed by atoms with E-state index in [4.69, 9.17) is 5.11 Å². The van der Waals surface area contributed by atoms with Crippen LogP contribution in [0.4, 0.5) is 11.4 Å². The van der Waals surface area contributed by atoms with Crippen LogP contribution in [-0.4, -0.2) is 43.3 Å². The Hall–Kier alpha value is -1.67. The Kier molecular flexibility index (Phi) is 5.25. The number of anilines is 1. The Morgan fingerprint density at radius 3 is 2.68 bits per heavy atom. The molecule has 0 spiro atoms. The molecule has 1 rings (SSSR count). The molecule has 0 aromatic heterocycles. The van der Waals surface area contributed by atoms with Crippen molar-refractivity contribution >= 4 is 33.3 Å². The highest BCUT2D eigenvalue weighted by Crippen LogP contribution is 2.35. The van der Waals surface area contributed by atoms with Gasteiger partial charge in [-0.15, -0.1) is 0 Å². The van der Waals surface area contributed by atoms with Crippen LogP contribution in [0.3, 0.4) is 0 Å². The molecule has 0 bridgehead atoms. The second-order valence-corrected chi connectivity index (χ2v) is 4.48. The summed E-state index contributed by atoms with van der Waals surface area (Å²) in [6.07, 6.45) is 0. The van der Waals surface area contributed by atoms with Gasteiger partial charge in [0, 0.05) is 19.7 Å². The fourth-order valence-corrected chi connectivity index (χ4v) is 2.22. The van der Waals surface area contributed by atoms with Crippen molar-refractivity contribution in [1.82, 2.24) is 0 Å². The molecule has 104 valence electrons. The number of esters is 1. The first kappa shape index (κ1) is 15.4. The molecule has 0 fully saturated rings. The average Bonchev–Trinajstić information content (AvgIpc) is 2.37. The number of methoxy groups -OCH3 is 1. The van der Waals surface area contributed by atoms with Crippen molar-refractivity contribution in [3.8, 4) is 0 Å². The monoisotopic (exact) mass is 332 g/mol. The first-order valence-electron chi connectivity index (χ1n) is 5.31. The second-order valence-electron chi connectivity index (χ2n) is 3.69. The Bertz CT molecular complexity index is 506. The molecule has 0 saturated carbocycles. The summed E-state index contributed by atoms with van der Waals surface area (Å²) in [5.74, 6) is -0.685. The summed E-state index contributed by atoms with van der Waals surface area (Å²) in [7, 11) is 2.86. The number of hydrogen-bond donors (Lipinski definition) is 1. The molecule has 0 amide bonds. The van der Waals surface area contributed by atoms with Crippen LogP contribution in [-0.2, 0) is 4.74 Å². The SMILES string of the molecule is COC(=O)c1c(N(C)CCO)ccc([N+](=O)[O-])c1Br. The lowest BCUT2D eigenvalue weighted by Gasteiger charge is -2.21. The number of nitrogens with zero attached hydrogens (tertiary/aromatic N) is 2. The van der Waals surface area contributed by atoms with Crippen molar-refractivity contribution in [2.45, 2.75) is 0 Å². The van der Waals surface area contributed by atoms with Gasteiger partial charge in [0.05, 0.1) is 24.3 Å². The predicted molar refractivity (Wildman–Crippen MR) is 72.5 cm³/mol. The standard InChI is InChI=1S/C11H13BrN2O5/c1-13(5-6-15)7-3-4-8(14(17)18)10(12)9(7)11(16)19-2/h3-4,15H,5-6H2,1-2H3. The number of ether oxygens (including phenoxy) is 1. The van der Waals surface area contributed by atoms with Gasteiger partial charge in [-0.2, -0.15) is 0 Å². The minimum atomic E-state index is -0.685. The number of hydrogen-bond acceptors (Lipinski definition) is 6. The van der Waals surface area contributed by atoms with E-state index < -0.39 is 10.9 Å². The van der Waals surface area contributed by atoms with Crippen LogP contribution in [0.1, 0.15) is 10.4 Å². The van der Waals surface area contributed by atoms with E-state index in [1.165, 1.54) is 19.2 Å². The number of nitro groups is 1. The number of likely N-dealkylation sites (N-methyl/N-ethyl adjacent to an activating group) is 1. The quantitative estimate of drug-likeness (QED) is 0.499. The van der Waals surface area contributed by atoms with Gasteiger partial charge < -0.3 is 14.7 Å². The zero-order valence-electron chi connectivity index (χ0n) is 10.4. The maximum atomic E-state index is 11.8. The molecule has 0 aliphatic carbocycles. The molecule has 1 aromatic rings. The Morgan fingerprint density at radius 1 is 1.58 bits per heavy atom. The topological polar surface area (TPSA) is 92.9 Å². The molecule has 0 atom stereocenters. The van der Waals surface area contributed by atoms with E-state index in [2.05, 4.69) is 20.7 Å². The lowest BCUT2D eigenvalue weighted by molar-refractivity contribution is -0.385. The van der Waals surface area contributed by atoms with Crippen LogP contribution < -0.4 is 4.90 Å². The van der Waals surface area contributed by atoms with Crippen LogP contribution in [0.25, 0.3) is 0 Å². The molecular weight excluding hydrogens is 320 g/mol. The summed E-state index contributed by atoms with van der Waals surface area (Å²) in [5.41, 5.74) is 0.285. The maximum Gasteiger partial charge on any atom is 0.341 e. The van der Waals surface area contributed by atoms with Gasteiger partial charge in [0.15, 0.2) is 0 Å². The predicted octanol–water partition coefficient (Wildman–Crippen LogP) is 1.57. The molecule has 1 aromatic carbocycles. The lowest BCUT2D eigenvalue weighted by Crippen LogP contribution is -2.24. The first-order valence-corrected chi connectivity index (χ1v) is 6.10. The summed E-state index contributed by atoms with van der Waals surface area (Å²) in [6, 6.07) is 2.74. The molecule has 0 aliphatic heterocycles. The third kappa shape index (κ3) is 3.21. The minimum absolute atomic E-state index is 0.0617. The normalized spacial score (nSPS) is 10.1. The number of aliphatic hydroxyl groups is 1. The number of carbonyl (C=O) groups is 1. The highest BCUT2D eigenvalue weighted by atomic mass is 79.9. The maximum absolute atomic E-state index is 11.8. The fraction of sp³-hybridized carbons (Fsp3) is 0.364. The molecule has 0 unspecified atom stereocenters. The van der Waals surface area contributed by atoms with Gasteiger partial charge in [-0.25, -0.2) is 4.79 Å². The summed E-state index contributed by atoms with van der Waals surface area (Å²) in [4.78, 5) is 23.7. The van der Waals surface area contributed by atoms with Crippen molar-refractivity contribution in [1.29, 1.82) is 0 Å². The second kappa shape index (κ2) is 6.48. The molecule has 19 heavy (non-hydrogen) atoms. The number of benzene rings is 1. The van der Waals surface area contributed by atoms with Gasteiger partial charge in [0.1, 0.15) is 10.0 Å². The third-order valence-electron chi connectivity index (χ3n) is 2.53. The van der Waals surface area contributed by atoms with Crippen LogP contribution in [0.2, 0.25) is 0 Å². The van der Waals surface area contributed by atoms with Crippen molar-refractivity contribution in [3.63, 3.8) is 0 Å². The number of halogens is 1. The highest BCUT2D eigenvalue weighted by molar-refractivity contribution is 9.10. The van der Waals surface area contributed by atoms with Crippen molar-refractivity contribution in [3.05, 3.63) is 32.3 Å². The molecule has 0 aliphatic rings. The number of carbonyl (C=O) groups excluding carboxylic acids is 1. The molecule has 1 N–H and O–H groups in total. The summed E-state index contributed by atoms with van der Waals surface area (Å²) < 4.78 is 4.70. The Balaban J connectivity index is 3.44. The molecule has 0 radical (unpaired) electrons. The van der Waals surface area contributed by atoms with Crippen LogP contribution in [0.15, 0.2) is 16.6 Å². The number of aliphatic hydroxyl groups excluding tert-OH is 1. The molecule has 7 nitrogen and oxygen atoms in total. The van der Waals surface area contributed by atoms with Crippen molar-refractivity contribution in [2.24, 2.45) is 0 Å². The average molecular weight is 333 g/mol. The molecule has 0 saturated heterocycles. The van der Waals surface area contributed by atoms with Gasteiger partial charge in [-0.1, -0.05) is 0 Å². The third-order valence-corrected chi connectivity index (χ3v) is 3.34. The van der Waals surface area contributed by atoms with Gasteiger partial charge >= 0.3 is 5.97 Å². The zero-order valence-corrected chi connectivity index (χ0v) is 12.0. The van der Waals surface area contributed by atoms with E-state index in [-0.39, 0.29) is 28.9 Å². The van der Waals surface area contributed by atoms with Crippen molar-refractivity contribution < 1.29 is 19.6 Å². The lowest BCUT2D eigenvalue weighted by atomic mass is 10.1. The van der Waals surface area contributed by atoms with E-state index >= 15 is 0 Å². The van der Waals surface area contributed by atoms with E-state index in [0.717, 1.165) is 0 Å². The summed E-state index contributed by atoms with van der Waals surface area (Å²) in [5, 5.41) is 19.8. The zero-order chi connectivity index (χ0) is 14.6. The van der Waals surface area contributed by atoms with Crippen molar-refractivity contribution in [2.75, 3.05) is 32.2 Å². The molecular formula is C11H13BrN2O5. The van der Waals surface area contributed by atoms with Gasteiger partial charge in [0.2, 0.25) is 0 Å². The van der Waals surface area contributed by atoms with E-state index in [9.17, 15) is 14.9 Å². The van der Waals surface area contributed by atoms with Gasteiger partial charge in [-0.3, -0.25) is 10.1 Å². The van der Waals surface area contributed by atoms with Gasteiger partial charge in [0.25, 0.3) is 5.69 Å². The van der Waals surface area contributed by atoms with Crippen LogP contribution in [0.5, 0.6) is 0 Å². The van der Waals surface area contributed by atoms with E-state index in [1.807, 2.05) is 0 Å². The smallest absolute Gasteiger partial charge is 0.341 e. The number of nitro benzene ring substituents is 1. The van der Waals surface area contributed by atoms with E-state index in [0.29, 0.717) is 5.69 Å². The van der Waals surface area contributed by atoms with Crippen LogP contribution >= 0.6 is 15.9 Å². The van der Waals surface area contributed by atoms with Crippen LogP contribution in [0, 0.1) is 10.1 Å². The Morgan fingerprint density at radius 2 is 2.21 bits per heavy atom. The fourth-order valence-electron chi connectivity index (χ4n) is 1.58. The minimum Gasteiger partial charge on any atom is -0.465 e. The molecule has 0 heterocycles. The largest absolute Gasteiger partial charge is 0.465 e. The highest BCUT2D eigenvalue weighted by Gasteiger charge is 2.25. The first-order chi connectivity index (χ1) is 8.93. The summed E-state index contributed by atoms with van der Waals surface area (Å²) in [6.45, 7) is 0.181. The van der Waals surface area contributed by atoms with E-state index in [1.54, 1.807) is 11.9 Å². The summed E-state index contributed by atoms with van der Waals surface area (Å²) >= 11 is 3.06. The Labute approximate surface area is 118 Å². The number of rotatable bonds is 5. The van der Waals surface area contributed by atoms with Gasteiger partial charge in [-0.05, 0) is 22.0 Å².